The van der Waals surface area contributed by atoms with Crippen molar-refractivity contribution in [2.45, 2.75) is 25.3 Å². The average molecular weight is 263 g/mol. The van der Waals surface area contributed by atoms with E-state index in [0.29, 0.717) is 11.6 Å². The number of nitrogens with zero attached hydrogens (tertiary/aromatic N) is 2. The van der Waals surface area contributed by atoms with Crippen LogP contribution >= 0.6 is 11.8 Å². The molecule has 2 aromatic rings. The number of aryl methyl sites for hydroxylation is 2. The molecule has 0 aliphatic rings. The average Bonchev–Trinajstić information content (AvgIpc) is 2.67. The molecule has 0 aliphatic heterocycles. The summed E-state index contributed by atoms with van der Waals surface area (Å²) in [7, 11) is 0. The number of aromatic nitrogens is 2. The van der Waals surface area contributed by atoms with E-state index in [-0.39, 0.29) is 0 Å². The second kappa shape index (κ2) is 5.35. The zero-order valence-corrected chi connectivity index (χ0v) is 11.6. The highest BCUT2D eigenvalue weighted by atomic mass is 32.2. The fraction of sp³-hybridized carbons (Fsp3) is 0.308. The normalized spacial score (nSPS) is 10.6. The number of hydrogen-bond acceptors (Lipinski definition) is 4. The van der Waals surface area contributed by atoms with Crippen molar-refractivity contribution in [2.24, 2.45) is 0 Å². The third kappa shape index (κ3) is 2.31. The Morgan fingerprint density at radius 2 is 2.11 bits per heavy atom. The van der Waals surface area contributed by atoms with Crippen molar-refractivity contribution in [1.29, 1.82) is 0 Å². The van der Waals surface area contributed by atoms with E-state index < -0.39 is 0 Å². The summed E-state index contributed by atoms with van der Waals surface area (Å²) in [4.78, 5) is 1.08. The molecule has 0 fully saturated rings. The molecule has 0 spiro atoms. The lowest BCUT2D eigenvalue weighted by molar-refractivity contribution is 0.410. The SMILES string of the molecule is CCn1nc(C)c(N)c1Oc1ccccc1SC. The minimum atomic E-state index is 0.604. The van der Waals surface area contributed by atoms with Crippen LogP contribution in [0.3, 0.4) is 0 Å². The maximum Gasteiger partial charge on any atom is 0.241 e. The Balaban J connectivity index is 2.39. The van der Waals surface area contributed by atoms with Gasteiger partial charge in [-0.2, -0.15) is 5.10 Å². The summed E-state index contributed by atoms with van der Waals surface area (Å²) in [6.07, 6.45) is 2.02. The Kier molecular flexibility index (Phi) is 3.81. The Bertz CT molecular complexity index is 551. The number of rotatable bonds is 4. The Labute approximate surface area is 111 Å². The van der Waals surface area contributed by atoms with Crippen LogP contribution in [0.5, 0.6) is 11.6 Å². The number of nitrogen functional groups attached to an aromatic ring is 1. The highest BCUT2D eigenvalue weighted by Gasteiger charge is 2.15. The fourth-order valence-corrected chi connectivity index (χ4v) is 2.23. The number of anilines is 1. The van der Waals surface area contributed by atoms with Crippen LogP contribution in [0.2, 0.25) is 0 Å². The van der Waals surface area contributed by atoms with Crippen LogP contribution in [0, 0.1) is 6.92 Å². The van der Waals surface area contributed by atoms with Crippen LogP contribution in [0.1, 0.15) is 12.6 Å². The van der Waals surface area contributed by atoms with E-state index >= 15 is 0 Å². The van der Waals surface area contributed by atoms with Crippen LogP contribution in [-0.4, -0.2) is 16.0 Å². The molecule has 18 heavy (non-hydrogen) atoms. The Hall–Kier alpha value is -1.62. The van der Waals surface area contributed by atoms with Gasteiger partial charge in [0.15, 0.2) is 0 Å². The van der Waals surface area contributed by atoms with Gasteiger partial charge in [0.25, 0.3) is 0 Å². The van der Waals surface area contributed by atoms with Gasteiger partial charge in [0.1, 0.15) is 11.4 Å². The number of ether oxygens (including phenoxy) is 1. The summed E-state index contributed by atoms with van der Waals surface area (Å²) in [5, 5.41) is 4.34. The first-order chi connectivity index (χ1) is 8.67. The van der Waals surface area contributed by atoms with Crippen molar-refractivity contribution in [2.75, 3.05) is 12.0 Å². The molecule has 2 N–H and O–H groups in total. The Morgan fingerprint density at radius 3 is 2.78 bits per heavy atom. The van der Waals surface area contributed by atoms with E-state index in [1.165, 1.54) is 0 Å². The van der Waals surface area contributed by atoms with Crippen molar-refractivity contribution in [3.8, 4) is 11.6 Å². The molecule has 0 atom stereocenters. The van der Waals surface area contributed by atoms with Crippen LogP contribution < -0.4 is 10.5 Å². The quantitative estimate of drug-likeness (QED) is 0.860. The zero-order valence-electron chi connectivity index (χ0n) is 10.8. The first-order valence-electron chi connectivity index (χ1n) is 5.81. The van der Waals surface area contributed by atoms with Gasteiger partial charge < -0.3 is 10.5 Å². The topological polar surface area (TPSA) is 53.1 Å². The van der Waals surface area contributed by atoms with Crippen LogP contribution in [0.25, 0.3) is 0 Å². The van der Waals surface area contributed by atoms with Crippen LogP contribution in [-0.2, 0) is 6.54 Å². The number of benzene rings is 1. The second-order valence-corrected chi connectivity index (χ2v) is 4.72. The minimum Gasteiger partial charge on any atom is -0.436 e. The maximum atomic E-state index is 6.00. The number of hydrogen-bond donors (Lipinski definition) is 1. The molecule has 5 heteroatoms. The third-order valence-corrected chi connectivity index (χ3v) is 3.48. The first kappa shape index (κ1) is 12.8. The highest BCUT2D eigenvalue weighted by Crippen LogP contribution is 2.34. The molecule has 0 aliphatic carbocycles. The molecule has 0 amide bonds. The van der Waals surface area contributed by atoms with Crippen molar-refractivity contribution >= 4 is 17.4 Å². The van der Waals surface area contributed by atoms with Gasteiger partial charge in [0.05, 0.1) is 5.69 Å². The van der Waals surface area contributed by atoms with E-state index in [1.807, 2.05) is 44.4 Å². The molecule has 0 unspecified atom stereocenters. The van der Waals surface area contributed by atoms with E-state index in [2.05, 4.69) is 5.10 Å². The second-order valence-electron chi connectivity index (χ2n) is 3.87. The Morgan fingerprint density at radius 1 is 1.39 bits per heavy atom. The predicted molar refractivity (Wildman–Crippen MR) is 75.3 cm³/mol. The molecule has 0 saturated heterocycles. The zero-order chi connectivity index (χ0) is 13.1. The van der Waals surface area contributed by atoms with Crippen molar-refractivity contribution in [3.63, 3.8) is 0 Å². The smallest absolute Gasteiger partial charge is 0.241 e. The molecule has 0 radical (unpaired) electrons. The van der Waals surface area contributed by atoms with E-state index in [1.54, 1.807) is 16.4 Å². The summed E-state index contributed by atoms with van der Waals surface area (Å²) in [6, 6.07) is 7.90. The predicted octanol–water partition coefficient (Wildman–Crippen LogP) is 3.31. The van der Waals surface area contributed by atoms with Gasteiger partial charge in [-0.3, -0.25) is 0 Å². The van der Waals surface area contributed by atoms with Gasteiger partial charge in [0.2, 0.25) is 5.88 Å². The lowest BCUT2D eigenvalue weighted by Crippen LogP contribution is -2.01. The molecule has 0 bridgehead atoms. The molecule has 96 valence electrons. The first-order valence-corrected chi connectivity index (χ1v) is 7.03. The maximum absolute atomic E-state index is 6.00. The molecule has 2 rings (SSSR count). The molecular weight excluding hydrogens is 246 g/mol. The molecule has 1 aromatic heterocycles. The van der Waals surface area contributed by atoms with Crippen molar-refractivity contribution in [1.82, 2.24) is 9.78 Å². The largest absolute Gasteiger partial charge is 0.436 e. The summed E-state index contributed by atoms with van der Waals surface area (Å²) < 4.78 is 7.71. The van der Waals surface area contributed by atoms with Gasteiger partial charge in [0, 0.05) is 11.4 Å². The van der Waals surface area contributed by atoms with Crippen LogP contribution in [0.15, 0.2) is 29.2 Å². The van der Waals surface area contributed by atoms with Gasteiger partial charge >= 0.3 is 0 Å². The minimum absolute atomic E-state index is 0.604. The summed E-state index contributed by atoms with van der Waals surface area (Å²) in [5.74, 6) is 1.43. The molecular formula is C13H17N3OS. The summed E-state index contributed by atoms with van der Waals surface area (Å²) in [6.45, 7) is 4.63. The van der Waals surface area contributed by atoms with E-state index in [4.69, 9.17) is 10.5 Å². The van der Waals surface area contributed by atoms with Gasteiger partial charge in [-0.15, -0.1) is 11.8 Å². The van der Waals surface area contributed by atoms with Crippen LogP contribution in [0.4, 0.5) is 5.69 Å². The number of para-hydroxylation sites is 1. The van der Waals surface area contributed by atoms with Crippen molar-refractivity contribution < 1.29 is 4.74 Å². The third-order valence-electron chi connectivity index (χ3n) is 2.70. The standard InChI is InChI=1S/C13H17N3OS/c1-4-16-13(12(14)9(2)15-16)17-10-7-5-6-8-11(10)18-3/h5-8H,4,14H2,1-3H3. The number of thioether (sulfide) groups is 1. The van der Waals surface area contributed by atoms with Crippen molar-refractivity contribution in [3.05, 3.63) is 30.0 Å². The van der Waals surface area contributed by atoms with Gasteiger partial charge in [-0.25, -0.2) is 4.68 Å². The molecule has 1 heterocycles. The summed E-state index contributed by atoms with van der Waals surface area (Å²) in [5.41, 5.74) is 7.41. The lowest BCUT2D eigenvalue weighted by atomic mass is 10.3. The van der Waals surface area contributed by atoms with E-state index in [0.717, 1.165) is 22.9 Å². The molecule has 1 aromatic carbocycles. The van der Waals surface area contributed by atoms with E-state index in [9.17, 15) is 0 Å². The monoisotopic (exact) mass is 263 g/mol. The molecule has 4 nitrogen and oxygen atoms in total. The molecule has 0 saturated carbocycles. The lowest BCUT2D eigenvalue weighted by Gasteiger charge is -2.10. The highest BCUT2D eigenvalue weighted by molar-refractivity contribution is 7.98. The van der Waals surface area contributed by atoms with Gasteiger partial charge in [-0.05, 0) is 32.2 Å². The fourth-order valence-electron chi connectivity index (χ4n) is 1.70. The van der Waals surface area contributed by atoms with Gasteiger partial charge in [-0.1, -0.05) is 12.1 Å². The number of nitrogens with two attached hydrogens (primary N) is 1. The summed E-state index contributed by atoms with van der Waals surface area (Å²) >= 11 is 1.65.